The number of benzene rings is 4. The Labute approximate surface area is 270 Å². The second kappa shape index (κ2) is 16.1. The summed E-state index contributed by atoms with van der Waals surface area (Å²) in [5, 5.41) is 3.52. The standard InChI is InChI=1S/C35H38ClN3O5S/c1-3-4-22-37-35(41)33(23-27-12-7-5-8-13-27)38(25-28-18-20-29(36)21-19-28)34(40)26-39(30-14-11-15-31(24-30)44-2)45(42,43)32-16-9-6-10-17-32/h5-21,24,33H,3-4,22-23,25-26H2,1-2H3,(H,37,41)/t33-/m0/s1. The molecule has 1 atom stereocenters. The van der Waals surface area contributed by atoms with Gasteiger partial charge in [-0.3, -0.25) is 13.9 Å². The number of halogens is 1. The topological polar surface area (TPSA) is 96.0 Å². The Hall–Kier alpha value is -4.34. The molecule has 0 saturated heterocycles. The van der Waals surface area contributed by atoms with Gasteiger partial charge in [0.1, 0.15) is 18.3 Å². The van der Waals surface area contributed by atoms with Crippen molar-refractivity contribution in [3.8, 4) is 5.75 Å². The van der Waals surface area contributed by atoms with E-state index in [0.717, 1.165) is 28.3 Å². The maximum atomic E-state index is 14.5. The summed E-state index contributed by atoms with van der Waals surface area (Å²) in [6, 6.07) is 30.0. The fourth-order valence-corrected chi connectivity index (χ4v) is 6.41. The fraction of sp³-hybridized carbons (Fsp3) is 0.257. The molecule has 236 valence electrons. The summed E-state index contributed by atoms with van der Waals surface area (Å²) in [7, 11) is -2.71. The Morgan fingerprint density at radius 1 is 0.867 bits per heavy atom. The lowest BCUT2D eigenvalue weighted by atomic mass is 10.0. The van der Waals surface area contributed by atoms with Crippen molar-refractivity contribution in [1.29, 1.82) is 0 Å². The molecule has 0 heterocycles. The fourth-order valence-electron chi connectivity index (χ4n) is 4.86. The van der Waals surface area contributed by atoms with Crippen molar-refractivity contribution in [3.05, 3.63) is 125 Å². The van der Waals surface area contributed by atoms with Gasteiger partial charge in [-0.25, -0.2) is 8.42 Å². The van der Waals surface area contributed by atoms with Gasteiger partial charge in [-0.2, -0.15) is 0 Å². The average Bonchev–Trinajstić information content (AvgIpc) is 3.06. The predicted molar refractivity (Wildman–Crippen MR) is 178 cm³/mol. The van der Waals surface area contributed by atoms with Crippen LogP contribution in [0.15, 0.2) is 114 Å². The molecule has 8 nitrogen and oxygen atoms in total. The first-order valence-corrected chi connectivity index (χ1v) is 16.6. The molecule has 0 aliphatic heterocycles. The SMILES string of the molecule is CCCCNC(=O)[C@H](Cc1ccccc1)N(Cc1ccc(Cl)cc1)C(=O)CN(c1cccc(OC)c1)S(=O)(=O)c1ccccc1. The van der Waals surface area contributed by atoms with E-state index < -0.39 is 28.5 Å². The smallest absolute Gasteiger partial charge is 0.264 e. The van der Waals surface area contributed by atoms with Gasteiger partial charge < -0.3 is 15.0 Å². The second-order valence-electron chi connectivity index (χ2n) is 10.5. The van der Waals surface area contributed by atoms with Gasteiger partial charge in [-0.15, -0.1) is 0 Å². The van der Waals surface area contributed by atoms with Crippen LogP contribution in [0, 0.1) is 0 Å². The van der Waals surface area contributed by atoms with Gasteiger partial charge in [-0.1, -0.05) is 91.7 Å². The average molecular weight is 648 g/mol. The molecule has 45 heavy (non-hydrogen) atoms. The van der Waals surface area contributed by atoms with Crippen molar-refractivity contribution < 1.29 is 22.7 Å². The third-order valence-corrected chi connectivity index (χ3v) is 9.36. The van der Waals surface area contributed by atoms with Crippen LogP contribution in [0.1, 0.15) is 30.9 Å². The zero-order valence-corrected chi connectivity index (χ0v) is 27.0. The van der Waals surface area contributed by atoms with Crippen LogP contribution in [0.2, 0.25) is 5.02 Å². The van der Waals surface area contributed by atoms with Gasteiger partial charge in [0.15, 0.2) is 0 Å². The zero-order valence-electron chi connectivity index (χ0n) is 25.4. The molecule has 0 unspecified atom stereocenters. The summed E-state index contributed by atoms with van der Waals surface area (Å²) >= 11 is 6.14. The number of nitrogens with one attached hydrogen (secondary N) is 1. The lowest BCUT2D eigenvalue weighted by molar-refractivity contribution is -0.140. The van der Waals surface area contributed by atoms with Gasteiger partial charge in [0.05, 0.1) is 17.7 Å². The molecule has 0 aromatic heterocycles. The Morgan fingerprint density at radius 2 is 1.53 bits per heavy atom. The normalized spacial score (nSPS) is 11.8. The highest BCUT2D eigenvalue weighted by atomic mass is 35.5. The van der Waals surface area contributed by atoms with Crippen LogP contribution >= 0.6 is 11.6 Å². The minimum atomic E-state index is -4.20. The number of amides is 2. The molecule has 0 radical (unpaired) electrons. The van der Waals surface area contributed by atoms with Gasteiger partial charge >= 0.3 is 0 Å². The summed E-state index contributed by atoms with van der Waals surface area (Å²) in [4.78, 5) is 29.8. The number of nitrogens with zero attached hydrogens (tertiary/aromatic N) is 2. The molecule has 1 N–H and O–H groups in total. The van der Waals surface area contributed by atoms with Crippen molar-refractivity contribution in [2.45, 2.75) is 43.7 Å². The van der Waals surface area contributed by atoms with E-state index in [4.69, 9.17) is 16.3 Å². The van der Waals surface area contributed by atoms with Gasteiger partial charge in [0.25, 0.3) is 10.0 Å². The van der Waals surface area contributed by atoms with Crippen LogP contribution in [0.4, 0.5) is 5.69 Å². The van der Waals surface area contributed by atoms with Crippen molar-refractivity contribution in [2.75, 3.05) is 24.5 Å². The molecule has 0 bridgehead atoms. The summed E-state index contributed by atoms with van der Waals surface area (Å²) in [6.07, 6.45) is 1.92. The Bertz CT molecular complexity index is 1650. The van der Waals surface area contributed by atoms with E-state index in [2.05, 4.69) is 5.32 Å². The van der Waals surface area contributed by atoms with Crippen molar-refractivity contribution >= 4 is 39.1 Å². The van der Waals surface area contributed by atoms with E-state index in [-0.39, 0.29) is 29.5 Å². The molecule has 2 amide bonds. The third-order valence-electron chi connectivity index (χ3n) is 7.32. The number of carbonyl (C=O) groups excluding carboxylic acids is 2. The molecule has 4 rings (SSSR count). The van der Waals surface area contributed by atoms with Crippen molar-refractivity contribution in [2.24, 2.45) is 0 Å². The van der Waals surface area contributed by atoms with Crippen LogP contribution in [0.5, 0.6) is 5.75 Å². The first kappa shape index (κ1) is 33.6. The number of carbonyl (C=O) groups is 2. The number of anilines is 1. The maximum absolute atomic E-state index is 14.5. The van der Waals surface area contributed by atoms with Gasteiger partial charge in [0.2, 0.25) is 11.8 Å². The first-order valence-electron chi connectivity index (χ1n) is 14.8. The van der Waals surface area contributed by atoms with E-state index in [0.29, 0.717) is 17.3 Å². The van der Waals surface area contributed by atoms with E-state index in [1.807, 2.05) is 37.3 Å². The van der Waals surface area contributed by atoms with Gasteiger partial charge in [0, 0.05) is 30.6 Å². The molecule has 0 saturated carbocycles. The molecule has 0 aliphatic carbocycles. The van der Waals surface area contributed by atoms with E-state index in [1.54, 1.807) is 66.7 Å². The van der Waals surface area contributed by atoms with Crippen LogP contribution in [-0.4, -0.2) is 51.4 Å². The molecular weight excluding hydrogens is 610 g/mol. The number of unbranched alkanes of at least 4 members (excludes halogenated alkanes) is 1. The molecule has 0 fully saturated rings. The number of hydrogen-bond acceptors (Lipinski definition) is 5. The summed E-state index contributed by atoms with van der Waals surface area (Å²) < 4.78 is 34.6. The Morgan fingerprint density at radius 3 is 2.18 bits per heavy atom. The summed E-state index contributed by atoms with van der Waals surface area (Å²) in [5.41, 5.74) is 1.86. The predicted octanol–water partition coefficient (Wildman–Crippen LogP) is 6.10. The number of hydrogen-bond donors (Lipinski definition) is 1. The Balaban J connectivity index is 1.79. The minimum absolute atomic E-state index is 0.0306. The second-order valence-corrected chi connectivity index (χ2v) is 12.8. The third kappa shape index (κ3) is 9.09. The molecular formula is C35H38ClN3O5S. The number of sulfonamides is 1. The summed E-state index contributed by atoms with van der Waals surface area (Å²) in [6.45, 7) is 2.00. The maximum Gasteiger partial charge on any atom is 0.264 e. The number of rotatable bonds is 15. The van der Waals surface area contributed by atoms with Crippen LogP contribution in [0.25, 0.3) is 0 Å². The molecule has 0 aliphatic rings. The zero-order chi connectivity index (χ0) is 32.2. The largest absolute Gasteiger partial charge is 0.497 e. The molecule has 10 heteroatoms. The summed E-state index contributed by atoms with van der Waals surface area (Å²) in [5.74, 6) is -0.421. The highest BCUT2D eigenvalue weighted by Crippen LogP contribution is 2.28. The van der Waals surface area contributed by atoms with Crippen molar-refractivity contribution in [3.63, 3.8) is 0 Å². The van der Waals surface area contributed by atoms with E-state index >= 15 is 0 Å². The monoisotopic (exact) mass is 647 g/mol. The molecule has 4 aromatic carbocycles. The molecule has 0 spiro atoms. The van der Waals surface area contributed by atoms with Crippen LogP contribution in [0.3, 0.4) is 0 Å². The van der Waals surface area contributed by atoms with E-state index in [9.17, 15) is 18.0 Å². The lowest BCUT2D eigenvalue weighted by Gasteiger charge is -2.34. The van der Waals surface area contributed by atoms with Crippen LogP contribution < -0.4 is 14.4 Å². The highest BCUT2D eigenvalue weighted by molar-refractivity contribution is 7.92. The first-order chi connectivity index (χ1) is 21.7. The van der Waals surface area contributed by atoms with Gasteiger partial charge in [-0.05, 0) is 53.9 Å². The number of methoxy groups -OCH3 is 1. The highest BCUT2D eigenvalue weighted by Gasteiger charge is 2.34. The minimum Gasteiger partial charge on any atom is -0.497 e. The Kier molecular flexibility index (Phi) is 12.0. The quantitative estimate of drug-likeness (QED) is 0.157. The molecule has 4 aromatic rings. The number of ether oxygens (including phenoxy) is 1. The lowest BCUT2D eigenvalue weighted by Crippen LogP contribution is -2.53. The van der Waals surface area contributed by atoms with Crippen molar-refractivity contribution in [1.82, 2.24) is 10.2 Å². The van der Waals surface area contributed by atoms with E-state index in [1.165, 1.54) is 24.1 Å². The van der Waals surface area contributed by atoms with Crippen LogP contribution in [-0.2, 0) is 32.6 Å².